The Labute approximate surface area is 104 Å². The van der Waals surface area contributed by atoms with Gasteiger partial charge >= 0.3 is 0 Å². The normalized spacial score (nSPS) is 20.5. The van der Waals surface area contributed by atoms with Crippen LogP contribution in [-0.2, 0) is 14.8 Å². The number of benzene rings is 1. The zero-order chi connectivity index (χ0) is 13.5. The molecule has 1 fully saturated rings. The molecule has 1 unspecified atom stereocenters. The molecule has 0 bridgehead atoms. The number of rotatable bonds is 2. The van der Waals surface area contributed by atoms with Crippen molar-refractivity contribution >= 4 is 21.6 Å². The van der Waals surface area contributed by atoms with Crippen LogP contribution >= 0.6 is 0 Å². The van der Waals surface area contributed by atoms with Gasteiger partial charge < -0.3 is 4.90 Å². The van der Waals surface area contributed by atoms with Gasteiger partial charge in [0, 0.05) is 13.0 Å². The highest BCUT2D eigenvalue weighted by atomic mass is 32.2. The van der Waals surface area contributed by atoms with Gasteiger partial charge in [-0.25, -0.2) is 17.9 Å². The molecule has 1 aliphatic heterocycles. The van der Waals surface area contributed by atoms with Gasteiger partial charge in [0.15, 0.2) is 0 Å². The van der Waals surface area contributed by atoms with Crippen LogP contribution in [-0.4, -0.2) is 26.1 Å². The Balaban J connectivity index is 2.39. The molecule has 0 radical (unpaired) electrons. The van der Waals surface area contributed by atoms with E-state index in [0.29, 0.717) is 5.56 Å². The first-order valence-corrected chi connectivity index (χ1v) is 6.98. The first-order valence-electron chi connectivity index (χ1n) is 5.38. The van der Waals surface area contributed by atoms with Gasteiger partial charge in [-0.05, 0) is 18.6 Å². The lowest BCUT2D eigenvalue weighted by Crippen LogP contribution is -2.32. The summed E-state index contributed by atoms with van der Waals surface area (Å²) in [5, 5.41) is 4.05. The maximum Gasteiger partial charge on any atom is 0.228 e. The molecule has 1 aromatic carbocycles. The van der Waals surface area contributed by atoms with Crippen LogP contribution in [0.4, 0.5) is 10.1 Å². The number of carbonyl (C=O) groups is 1. The Morgan fingerprint density at radius 2 is 2.11 bits per heavy atom. The fourth-order valence-electron chi connectivity index (χ4n) is 2.08. The Hall–Kier alpha value is -1.47. The predicted molar refractivity (Wildman–Crippen MR) is 65.0 cm³/mol. The average Bonchev–Trinajstić information content (AvgIpc) is 2.60. The van der Waals surface area contributed by atoms with Gasteiger partial charge in [-0.15, -0.1) is 0 Å². The lowest BCUT2D eigenvalue weighted by atomic mass is 10.2. The molecule has 18 heavy (non-hydrogen) atoms. The molecule has 0 spiro atoms. The average molecular weight is 272 g/mol. The van der Waals surface area contributed by atoms with Crippen molar-refractivity contribution in [3.05, 3.63) is 29.6 Å². The summed E-state index contributed by atoms with van der Waals surface area (Å²) in [4.78, 5) is 12.9. The topological polar surface area (TPSA) is 80.5 Å². The standard InChI is InChI=1S/C11H13FN2O3S/c1-7-3-2-4-9(12)11(7)14-6-8(5-10(14)15)18(13,16)17/h2-4,8H,5-6H2,1H3,(H2,13,16,17). The van der Waals surface area contributed by atoms with E-state index in [9.17, 15) is 17.6 Å². The molecule has 0 saturated carbocycles. The van der Waals surface area contributed by atoms with E-state index in [-0.39, 0.29) is 18.7 Å². The van der Waals surface area contributed by atoms with Crippen molar-refractivity contribution in [3.8, 4) is 0 Å². The van der Waals surface area contributed by atoms with E-state index >= 15 is 0 Å². The Morgan fingerprint density at radius 1 is 1.44 bits per heavy atom. The number of amides is 1. The summed E-state index contributed by atoms with van der Waals surface area (Å²) in [5.41, 5.74) is 0.715. The van der Waals surface area contributed by atoms with Crippen LogP contribution in [0.3, 0.4) is 0 Å². The summed E-state index contributed by atoms with van der Waals surface area (Å²) in [6.45, 7) is 1.56. The minimum absolute atomic E-state index is 0.0978. The van der Waals surface area contributed by atoms with Crippen LogP contribution in [0.25, 0.3) is 0 Å². The van der Waals surface area contributed by atoms with Gasteiger partial charge in [-0.3, -0.25) is 4.79 Å². The quantitative estimate of drug-likeness (QED) is 0.852. The highest BCUT2D eigenvalue weighted by molar-refractivity contribution is 7.89. The molecule has 2 N–H and O–H groups in total. The summed E-state index contributed by atoms with van der Waals surface area (Å²) in [6, 6.07) is 4.43. The van der Waals surface area contributed by atoms with Crippen LogP contribution in [0.2, 0.25) is 0 Å². The number of nitrogens with zero attached hydrogens (tertiary/aromatic N) is 1. The number of aryl methyl sites for hydroxylation is 1. The molecule has 2 rings (SSSR count). The maximum absolute atomic E-state index is 13.7. The van der Waals surface area contributed by atoms with E-state index in [4.69, 9.17) is 5.14 Å². The van der Waals surface area contributed by atoms with E-state index in [1.165, 1.54) is 12.1 Å². The second kappa shape index (κ2) is 4.33. The highest BCUT2D eigenvalue weighted by Crippen LogP contribution is 2.29. The van der Waals surface area contributed by atoms with Crippen molar-refractivity contribution in [3.63, 3.8) is 0 Å². The van der Waals surface area contributed by atoms with Gasteiger partial charge in [-0.1, -0.05) is 12.1 Å². The van der Waals surface area contributed by atoms with Gasteiger partial charge in [0.2, 0.25) is 15.9 Å². The molecular formula is C11H13FN2O3S. The summed E-state index contributed by atoms with van der Waals surface area (Å²) in [5.74, 6) is -0.972. The van der Waals surface area contributed by atoms with E-state index in [1.54, 1.807) is 13.0 Å². The zero-order valence-corrected chi connectivity index (χ0v) is 10.6. The van der Waals surface area contributed by atoms with Crippen LogP contribution in [0.1, 0.15) is 12.0 Å². The van der Waals surface area contributed by atoms with Crippen molar-refractivity contribution in [2.75, 3.05) is 11.4 Å². The number of carbonyl (C=O) groups excluding carboxylic acids is 1. The van der Waals surface area contributed by atoms with E-state index < -0.39 is 27.0 Å². The molecule has 1 aliphatic rings. The van der Waals surface area contributed by atoms with Crippen molar-refractivity contribution in [1.29, 1.82) is 0 Å². The summed E-state index contributed by atoms with van der Waals surface area (Å²) in [7, 11) is -3.79. The number of primary sulfonamides is 1. The molecule has 5 nitrogen and oxygen atoms in total. The fraction of sp³-hybridized carbons (Fsp3) is 0.364. The number of anilines is 1. The van der Waals surface area contributed by atoms with Crippen LogP contribution < -0.4 is 10.0 Å². The number of halogens is 1. The van der Waals surface area contributed by atoms with Crippen molar-refractivity contribution < 1.29 is 17.6 Å². The summed E-state index contributed by atoms with van der Waals surface area (Å²) in [6.07, 6.45) is -0.202. The third kappa shape index (κ3) is 2.23. The second-order valence-corrected chi connectivity index (χ2v) is 6.17. The third-order valence-electron chi connectivity index (χ3n) is 3.01. The van der Waals surface area contributed by atoms with Gasteiger partial charge in [0.1, 0.15) is 11.1 Å². The molecule has 0 aromatic heterocycles. The van der Waals surface area contributed by atoms with E-state index in [1.807, 2.05) is 0 Å². The van der Waals surface area contributed by atoms with Gasteiger partial charge in [-0.2, -0.15) is 0 Å². The SMILES string of the molecule is Cc1cccc(F)c1N1CC(S(N)(=O)=O)CC1=O. The Kier molecular flexibility index (Phi) is 3.12. The number of sulfonamides is 1. The van der Waals surface area contributed by atoms with Crippen molar-refractivity contribution in [1.82, 2.24) is 0 Å². The number of hydrogen-bond acceptors (Lipinski definition) is 3. The summed E-state index contributed by atoms with van der Waals surface area (Å²) >= 11 is 0. The third-order valence-corrected chi connectivity index (χ3v) is 4.26. The molecule has 98 valence electrons. The predicted octanol–water partition coefficient (Wildman–Crippen LogP) is 0.528. The molecular weight excluding hydrogens is 259 g/mol. The minimum Gasteiger partial charge on any atom is -0.308 e. The van der Waals surface area contributed by atoms with E-state index in [2.05, 4.69) is 0 Å². The van der Waals surface area contributed by atoms with Crippen molar-refractivity contribution in [2.45, 2.75) is 18.6 Å². The van der Waals surface area contributed by atoms with Crippen LogP contribution in [0.15, 0.2) is 18.2 Å². The molecule has 1 aromatic rings. The number of para-hydroxylation sites is 1. The molecule has 1 amide bonds. The van der Waals surface area contributed by atoms with Gasteiger partial charge in [0.05, 0.1) is 5.69 Å². The van der Waals surface area contributed by atoms with Crippen LogP contribution in [0.5, 0.6) is 0 Å². The maximum atomic E-state index is 13.7. The Bertz CT molecular complexity index is 580. The lowest BCUT2D eigenvalue weighted by Gasteiger charge is -2.19. The Morgan fingerprint density at radius 3 is 2.61 bits per heavy atom. The van der Waals surface area contributed by atoms with E-state index in [0.717, 1.165) is 4.90 Å². The number of hydrogen-bond donors (Lipinski definition) is 1. The summed E-state index contributed by atoms with van der Waals surface area (Å²) < 4.78 is 36.2. The molecule has 1 atom stereocenters. The number of nitrogens with two attached hydrogens (primary N) is 1. The molecule has 1 saturated heterocycles. The monoisotopic (exact) mass is 272 g/mol. The van der Waals surface area contributed by atoms with Crippen molar-refractivity contribution in [2.24, 2.45) is 5.14 Å². The van der Waals surface area contributed by atoms with Crippen LogP contribution in [0, 0.1) is 12.7 Å². The first-order chi connectivity index (χ1) is 8.30. The minimum atomic E-state index is -3.79. The molecule has 7 heteroatoms. The largest absolute Gasteiger partial charge is 0.308 e. The van der Waals surface area contributed by atoms with Gasteiger partial charge in [0.25, 0.3) is 0 Å². The zero-order valence-electron chi connectivity index (χ0n) is 9.76. The lowest BCUT2D eigenvalue weighted by molar-refractivity contribution is -0.117. The fourth-order valence-corrected chi connectivity index (χ4v) is 2.81. The molecule has 1 heterocycles. The smallest absolute Gasteiger partial charge is 0.228 e. The molecule has 0 aliphatic carbocycles. The second-order valence-electron chi connectivity index (χ2n) is 4.32. The first kappa shape index (κ1) is 13.0. The highest BCUT2D eigenvalue weighted by Gasteiger charge is 2.38.